The summed E-state index contributed by atoms with van der Waals surface area (Å²) in [7, 11) is 2.52. The Morgan fingerprint density at radius 2 is 0.818 bits per heavy atom. The Labute approximate surface area is 875 Å². The van der Waals surface area contributed by atoms with Gasteiger partial charge in [-0.2, -0.15) is 0 Å². The quantitative estimate of drug-likeness (QED) is 0.00978. The lowest BCUT2D eigenvalue weighted by Gasteiger charge is -2.25. The predicted octanol–water partition coefficient (Wildman–Crippen LogP) is 24.8. The highest BCUT2D eigenvalue weighted by molar-refractivity contribution is 7.89. The monoisotopic (exact) mass is 2010 g/mol. The van der Waals surface area contributed by atoms with Crippen molar-refractivity contribution in [2.24, 2.45) is 5.16 Å². The average Bonchev–Trinajstić information content (AvgIpc) is 1.55. The Morgan fingerprint density at radius 3 is 1.24 bits per heavy atom. The van der Waals surface area contributed by atoms with Crippen molar-refractivity contribution < 1.29 is 71.8 Å². The van der Waals surface area contributed by atoms with Gasteiger partial charge >= 0.3 is 11.9 Å². The molecule has 2 fully saturated rings. The van der Waals surface area contributed by atoms with Crippen LogP contribution in [0.25, 0.3) is 50.6 Å². The molecule has 148 heavy (non-hydrogen) atoms. The van der Waals surface area contributed by atoms with Gasteiger partial charge in [0.2, 0.25) is 0 Å². The number of ether oxygens (including phenoxy) is 6. The maximum atomic E-state index is 12.2. The third kappa shape index (κ3) is 32.3. The summed E-state index contributed by atoms with van der Waals surface area (Å²) < 4.78 is 56.8. The molecule has 5 heterocycles. The zero-order valence-corrected chi connectivity index (χ0v) is 88.2. The number of aromatic nitrogens is 4. The van der Waals surface area contributed by atoms with Crippen LogP contribution in [0.2, 0.25) is 0 Å². The molecule has 3 atom stereocenters. The fraction of sp³-hybridized carbons (Fsp3) is 0.341. The van der Waals surface area contributed by atoms with Gasteiger partial charge in [0.25, 0.3) is 10.0 Å². The molecule has 772 valence electrons. The molecule has 9 aromatic carbocycles. The van der Waals surface area contributed by atoms with Crippen LogP contribution in [0.5, 0.6) is 11.5 Å². The van der Waals surface area contributed by atoms with Crippen molar-refractivity contribution in [3.8, 4) is 79.7 Å². The van der Waals surface area contributed by atoms with E-state index in [1.54, 1.807) is 51.5 Å². The summed E-state index contributed by atoms with van der Waals surface area (Å²) in [5, 5.41) is 40.2. The summed E-state index contributed by atoms with van der Waals surface area (Å²) >= 11 is 0. The number of allylic oxidation sites excluding steroid dienone is 1. The second-order valence-corrected chi connectivity index (χ2v) is 38.5. The molecule has 1 saturated carbocycles. The lowest BCUT2D eigenvalue weighted by molar-refractivity contribution is -0.150. The minimum atomic E-state index is -3.55. The second kappa shape index (κ2) is 59.8. The molecular weight excluding hydrogens is 1870 g/mol. The third-order valence-electron chi connectivity index (χ3n) is 26.7. The van der Waals surface area contributed by atoms with Crippen molar-refractivity contribution in [2.75, 3.05) is 54.9 Å². The first-order chi connectivity index (χ1) is 72.3. The number of benzene rings is 9. The van der Waals surface area contributed by atoms with Crippen molar-refractivity contribution in [1.29, 1.82) is 0 Å². The molecule has 0 spiro atoms. The largest absolute Gasteiger partial charge is 0.497 e. The molecule has 1 saturated heterocycles. The molecule has 4 aromatic heterocycles. The number of hydrogen-bond donors (Lipinski definition) is 4. The van der Waals surface area contributed by atoms with E-state index in [2.05, 4.69) is 151 Å². The normalized spacial score (nSPS) is 15.0. The Balaban J connectivity index is 0.000000153. The summed E-state index contributed by atoms with van der Waals surface area (Å²) in [5.41, 5.74) is 34.2. The van der Waals surface area contributed by atoms with Crippen molar-refractivity contribution >= 4 is 33.7 Å². The number of carbonyl (C=O) groups excluding carboxylic acids is 2. The molecule has 5 aliphatic carbocycles. The fourth-order valence-corrected chi connectivity index (χ4v) is 20.5. The molecule has 19 rings (SSSR count). The number of nitrogens with zero attached hydrogens (tertiary/aromatic N) is 6. The van der Waals surface area contributed by atoms with E-state index in [1.807, 2.05) is 154 Å². The molecule has 22 heteroatoms. The SMILES string of the molecule is CC#CCCO.CC#CCCOCc1ccc(OC)cc1.COC(=O)C(O)c1c(C)nc2c(c1-c1ccccc1)CCCC2.COC(=O)Cc1c(C)nc2c(c1-c1ccccc1)CCCC2.COc1ccc(COCCc2c(C)nc3c(c2-c2ccccc2)CCCC3)cc1.Cc1nc2c(c(-c3ccccc3)c1CCO)CCCC2.O=S(=O)(c1ccccc1)N1OC1c1ccccc1.ON=C1CCCC/C1=C\c1ccccc1. The van der Waals surface area contributed by atoms with E-state index in [0.717, 1.165) is 180 Å². The first-order valence-corrected chi connectivity index (χ1v) is 53.0. The van der Waals surface area contributed by atoms with Crippen molar-refractivity contribution in [2.45, 2.75) is 233 Å². The standard InChI is InChI=1S/C26H29NO2.C19H21NO3.C19H21NO2.C18H21NO.C13H11NO3S.C13H15NO.C13H16O2.C5H8O/c1-19-23(16-17-29-18-20-12-14-22(28-2)15-13-20)26(21-8-4-3-5-9-21)24-10-6-7-11-25(24)27-19;1-12-16(18(21)19(22)23-2)17(13-8-4-3-5-9-13)14-10-6-7-11-15(14)20-12;1-13-16(12-18(21)22-2)19(14-8-4-3-5-9-14)15-10-6-7-11-17(15)20-13;1-13-15(11-12-20)18(14-7-3-2-4-8-14)16-9-5-6-10-17(16)19-13;15-18(16,12-9-5-2-6-10-12)14-13(17-14)11-7-3-1-4-8-11;15-14-13-9-5-4-8-12(13)10-11-6-2-1-3-7-11;1-3-4-5-10-15-11-12-6-8-13(14-2)9-7-12;1-2-3-4-5-6/h3-5,8-9,12-15H,6-7,10-11,16-18H2,1-2H3;3-5,8-9,18,21H,6-7,10-11H2,1-2H3;3-5,8-9H,6-7,10-12H2,1-2H3;2-4,7-8,20H,5-6,9-12H2,1H3;1-10,13H;1-3,6-7,10,15H,4-5,8-9H2;6-9H,5,10-11H2,1-2H3;6H,4-5H2,1H3/b;;;;;12-10+,14-13?;;. The van der Waals surface area contributed by atoms with E-state index in [0.29, 0.717) is 50.5 Å². The molecule has 6 aliphatic rings. The first kappa shape index (κ1) is 113. The predicted molar refractivity (Wildman–Crippen MR) is 588 cm³/mol. The number of carbonyl (C=O) groups is 2. The highest BCUT2D eigenvalue weighted by Crippen LogP contribution is 2.45. The minimum Gasteiger partial charge on any atom is -0.497 e. The zero-order chi connectivity index (χ0) is 105. The third-order valence-corrected chi connectivity index (χ3v) is 28.3. The van der Waals surface area contributed by atoms with E-state index in [9.17, 15) is 28.2 Å². The van der Waals surface area contributed by atoms with E-state index in [-0.39, 0.29) is 30.5 Å². The molecule has 13 aromatic rings. The van der Waals surface area contributed by atoms with Crippen molar-refractivity contribution in [3.05, 3.63) is 379 Å². The fourth-order valence-electron chi connectivity index (χ4n) is 19.3. The summed E-state index contributed by atoms with van der Waals surface area (Å²) in [6.07, 6.45) is 25.8. The number of rotatable bonds is 26. The molecule has 3 unspecified atom stereocenters. The maximum absolute atomic E-state index is 12.2. The van der Waals surface area contributed by atoms with Crippen LogP contribution in [0.1, 0.15) is 228 Å². The molecule has 1 aliphatic heterocycles. The van der Waals surface area contributed by atoms with Gasteiger partial charge in [0.15, 0.2) is 12.3 Å². The van der Waals surface area contributed by atoms with Crippen LogP contribution >= 0.6 is 0 Å². The summed E-state index contributed by atoms with van der Waals surface area (Å²) in [6.45, 7) is 14.7. The number of pyridine rings is 4. The number of esters is 2. The van der Waals surface area contributed by atoms with E-state index >= 15 is 0 Å². The van der Waals surface area contributed by atoms with Gasteiger partial charge in [-0.3, -0.25) is 29.6 Å². The van der Waals surface area contributed by atoms with Crippen LogP contribution in [0.15, 0.2) is 276 Å². The molecule has 0 radical (unpaired) electrons. The van der Waals surface area contributed by atoms with Crippen molar-refractivity contribution in [3.63, 3.8) is 0 Å². The smallest absolute Gasteiger partial charge is 0.339 e. The number of aliphatic hydroxyl groups is 3. The van der Waals surface area contributed by atoms with Gasteiger partial charge in [0.1, 0.15) is 11.5 Å². The van der Waals surface area contributed by atoms with Crippen LogP contribution in [0.3, 0.4) is 0 Å². The number of aryl methyl sites for hydroxylation is 8. The number of aliphatic hydroxyl groups excluding tert-OH is 3. The lowest BCUT2D eigenvalue weighted by Crippen LogP contribution is -2.19. The van der Waals surface area contributed by atoms with Crippen LogP contribution in [-0.4, -0.2) is 126 Å². The summed E-state index contributed by atoms with van der Waals surface area (Å²) in [4.78, 5) is 48.4. The maximum Gasteiger partial charge on any atom is 0.339 e. The zero-order valence-electron chi connectivity index (χ0n) is 87.3. The number of oxime groups is 1. The van der Waals surface area contributed by atoms with Crippen LogP contribution in [0.4, 0.5) is 0 Å². The van der Waals surface area contributed by atoms with Gasteiger partial charge in [-0.05, 0) is 335 Å². The summed E-state index contributed by atoms with van der Waals surface area (Å²) in [5.74, 6) is 12.0. The number of fused-ring (bicyclic) bond motifs is 4. The van der Waals surface area contributed by atoms with Crippen molar-refractivity contribution in [1.82, 2.24) is 24.4 Å². The highest BCUT2D eigenvalue weighted by Gasteiger charge is 2.48. The highest BCUT2D eigenvalue weighted by atomic mass is 32.2. The number of hydroxylamine groups is 1. The van der Waals surface area contributed by atoms with Gasteiger partial charge in [-0.15, -0.1) is 23.7 Å². The first-order valence-electron chi connectivity index (χ1n) is 51.6. The van der Waals surface area contributed by atoms with Gasteiger partial charge in [0, 0.05) is 76.1 Å². The van der Waals surface area contributed by atoms with Gasteiger partial charge in [0.05, 0.1) is 78.5 Å². The van der Waals surface area contributed by atoms with Gasteiger partial charge < -0.3 is 48.9 Å². The molecule has 21 nitrogen and oxygen atoms in total. The van der Waals surface area contributed by atoms with E-state index < -0.39 is 28.3 Å². The summed E-state index contributed by atoms with van der Waals surface area (Å²) in [6, 6.07) is 85.2. The number of methoxy groups -OCH3 is 4. The van der Waals surface area contributed by atoms with Crippen LogP contribution in [-0.2, 0) is 127 Å². The Bertz CT molecular complexity index is 6720. The molecule has 0 bridgehead atoms. The molecule has 0 amide bonds. The number of hydrogen-bond acceptors (Lipinski definition) is 20. The van der Waals surface area contributed by atoms with Gasteiger partial charge in [-0.25, -0.2) is 13.2 Å². The average molecular weight is 2010 g/mol. The second-order valence-electron chi connectivity index (χ2n) is 36.7. The van der Waals surface area contributed by atoms with E-state index in [1.165, 1.54) is 149 Å². The Morgan fingerprint density at radius 1 is 0.439 bits per heavy atom. The minimum absolute atomic E-state index is 0.181. The van der Waals surface area contributed by atoms with Crippen LogP contribution in [0, 0.1) is 51.4 Å². The molecular formula is C126H142N6O15S. The Kier molecular flexibility index (Phi) is 45.6. The molecule has 4 N–H and O–H groups in total. The number of sulfonamides is 1. The van der Waals surface area contributed by atoms with E-state index in [4.69, 9.17) is 58.5 Å². The topological polar surface area (TPSA) is 284 Å². The lowest BCUT2D eigenvalue weighted by atomic mass is 9.84. The van der Waals surface area contributed by atoms with Crippen LogP contribution < -0.4 is 9.47 Å². The Hall–Kier alpha value is -13.9. The van der Waals surface area contributed by atoms with Gasteiger partial charge in [-0.1, -0.05) is 230 Å².